The highest BCUT2D eigenvalue weighted by Crippen LogP contribution is 2.33. The van der Waals surface area contributed by atoms with Gasteiger partial charge in [0.05, 0.1) is 25.3 Å². The highest BCUT2D eigenvalue weighted by Gasteiger charge is 2.23. The fourth-order valence-electron chi connectivity index (χ4n) is 3.79. The van der Waals surface area contributed by atoms with Gasteiger partial charge in [0, 0.05) is 5.56 Å². The minimum atomic E-state index is -3.97. The average Bonchev–Trinajstić information content (AvgIpc) is 3.35. The van der Waals surface area contributed by atoms with E-state index in [0.29, 0.717) is 29.9 Å². The molecule has 2 N–H and O–H groups in total. The molecule has 0 aliphatic carbocycles. The number of hydrogen-bond acceptors (Lipinski definition) is 6. The van der Waals surface area contributed by atoms with E-state index in [4.69, 9.17) is 19.0 Å². The first-order valence-electron chi connectivity index (χ1n) is 10.2. The number of aromatic nitrogens is 1. The normalized spacial score (nSPS) is 11.4. The van der Waals surface area contributed by atoms with Crippen molar-refractivity contribution in [3.05, 3.63) is 95.4 Å². The molecule has 3 aromatic carbocycles. The highest BCUT2D eigenvalue weighted by molar-refractivity contribution is 7.89. The Bertz CT molecular complexity index is 1330. The smallest absolute Gasteiger partial charge is 0.238 e. The summed E-state index contributed by atoms with van der Waals surface area (Å²) in [5.74, 6) is 1.87. The summed E-state index contributed by atoms with van der Waals surface area (Å²) in [6.07, 6.45) is 3.86. The fourth-order valence-corrected chi connectivity index (χ4v) is 4.58. The van der Waals surface area contributed by atoms with Crippen molar-refractivity contribution in [1.82, 2.24) is 4.98 Å². The molecule has 0 radical (unpaired) electrons. The van der Waals surface area contributed by atoms with Crippen LogP contribution in [0.1, 0.15) is 22.3 Å². The maximum Gasteiger partial charge on any atom is 0.238 e. The number of ether oxygens (including phenoxy) is 2. The first kappa shape index (κ1) is 22.6. The lowest BCUT2D eigenvalue weighted by atomic mass is 9.91. The number of oxazole rings is 1. The molecule has 0 unspecified atom stereocenters. The summed E-state index contributed by atoms with van der Waals surface area (Å²) in [7, 11) is -0.766. The minimum absolute atomic E-state index is 0.0807. The van der Waals surface area contributed by atoms with E-state index in [2.05, 4.69) is 4.98 Å². The Morgan fingerprint density at radius 1 is 0.818 bits per heavy atom. The van der Waals surface area contributed by atoms with Crippen molar-refractivity contribution >= 4 is 10.0 Å². The van der Waals surface area contributed by atoms with Crippen LogP contribution in [0.25, 0.3) is 11.5 Å². The minimum Gasteiger partial charge on any atom is -0.497 e. The topological polar surface area (TPSA) is 105 Å². The van der Waals surface area contributed by atoms with Crippen LogP contribution < -0.4 is 14.6 Å². The number of nitrogens with zero attached hydrogens (tertiary/aromatic N) is 1. The van der Waals surface area contributed by atoms with Crippen LogP contribution in [0.3, 0.4) is 0 Å². The Hall–Kier alpha value is -3.62. The van der Waals surface area contributed by atoms with Crippen LogP contribution in [0, 0.1) is 0 Å². The van der Waals surface area contributed by atoms with Gasteiger partial charge in [-0.1, -0.05) is 24.3 Å². The summed E-state index contributed by atoms with van der Waals surface area (Å²) >= 11 is 0. The van der Waals surface area contributed by atoms with Gasteiger partial charge < -0.3 is 13.9 Å². The highest BCUT2D eigenvalue weighted by atomic mass is 32.2. The van der Waals surface area contributed by atoms with E-state index in [1.54, 1.807) is 26.5 Å². The molecule has 0 saturated heterocycles. The van der Waals surface area contributed by atoms with Gasteiger partial charge >= 0.3 is 0 Å². The van der Waals surface area contributed by atoms with Crippen LogP contribution >= 0.6 is 0 Å². The molecule has 0 bridgehead atoms. The van der Waals surface area contributed by atoms with Crippen LogP contribution in [-0.4, -0.2) is 27.6 Å². The fraction of sp³-hybridized carbons (Fsp3) is 0.160. The third kappa shape index (κ3) is 5.08. The van der Waals surface area contributed by atoms with Gasteiger partial charge in [-0.2, -0.15) is 0 Å². The molecule has 170 valence electrons. The molecule has 1 heterocycles. The SMILES string of the molecule is COc1ccc(Cc2c(-c3ncco3)ccc(S(N)(=O)=O)c2Cc2ccc(OC)cc2)cc1. The maximum absolute atomic E-state index is 12.5. The van der Waals surface area contributed by atoms with Gasteiger partial charge in [-0.3, -0.25) is 0 Å². The first-order valence-corrected chi connectivity index (χ1v) is 11.8. The molecule has 8 heteroatoms. The number of benzene rings is 3. The van der Waals surface area contributed by atoms with Gasteiger partial charge in [0.2, 0.25) is 15.9 Å². The van der Waals surface area contributed by atoms with Crippen LogP contribution in [0.2, 0.25) is 0 Å². The molecule has 1 aromatic heterocycles. The summed E-state index contributed by atoms with van der Waals surface area (Å²) in [5.41, 5.74) is 4.00. The van der Waals surface area contributed by atoms with Crippen LogP contribution in [0.15, 0.2) is 82.4 Å². The summed E-state index contributed by atoms with van der Waals surface area (Å²) in [5, 5.41) is 5.62. The molecule has 0 fully saturated rings. The van der Waals surface area contributed by atoms with E-state index in [-0.39, 0.29) is 4.90 Å². The molecule has 0 spiro atoms. The molecule has 0 aliphatic rings. The summed E-state index contributed by atoms with van der Waals surface area (Å²) in [4.78, 5) is 4.38. The average molecular weight is 465 g/mol. The summed E-state index contributed by atoms with van der Waals surface area (Å²) in [6.45, 7) is 0. The van der Waals surface area contributed by atoms with Crippen LogP contribution in [0.4, 0.5) is 0 Å². The van der Waals surface area contributed by atoms with Crippen LogP contribution in [-0.2, 0) is 22.9 Å². The molecular formula is C25H24N2O5S. The number of sulfonamides is 1. The quantitative estimate of drug-likeness (QED) is 0.419. The lowest BCUT2D eigenvalue weighted by Gasteiger charge is -2.18. The van der Waals surface area contributed by atoms with E-state index < -0.39 is 10.0 Å². The van der Waals surface area contributed by atoms with E-state index in [1.807, 2.05) is 48.5 Å². The number of hydrogen-bond donors (Lipinski definition) is 1. The van der Waals surface area contributed by atoms with E-state index in [9.17, 15) is 8.42 Å². The molecular weight excluding hydrogens is 440 g/mol. The Kier molecular flexibility index (Phi) is 6.48. The Morgan fingerprint density at radius 2 is 1.36 bits per heavy atom. The van der Waals surface area contributed by atoms with Crippen LogP contribution in [0.5, 0.6) is 11.5 Å². The zero-order valence-corrected chi connectivity index (χ0v) is 19.1. The number of rotatable bonds is 8. The molecule has 0 saturated carbocycles. The molecule has 0 aliphatic heterocycles. The number of primary sulfonamides is 1. The predicted octanol–water partition coefficient (Wildman–Crippen LogP) is 4.19. The predicted molar refractivity (Wildman–Crippen MR) is 125 cm³/mol. The second-order valence-corrected chi connectivity index (χ2v) is 9.03. The largest absolute Gasteiger partial charge is 0.497 e. The molecule has 4 aromatic rings. The van der Waals surface area contributed by atoms with Crippen molar-refractivity contribution in [3.63, 3.8) is 0 Å². The third-order valence-electron chi connectivity index (χ3n) is 5.44. The number of methoxy groups -OCH3 is 2. The van der Waals surface area contributed by atoms with Gasteiger partial charge in [0.15, 0.2) is 0 Å². The van der Waals surface area contributed by atoms with Crippen molar-refractivity contribution in [2.24, 2.45) is 5.14 Å². The van der Waals surface area contributed by atoms with Gasteiger partial charge in [-0.25, -0.2) is 18.5 Å². The summed E-state index contributed by atoms with van der Waals surface area (Å²) in [6, 6.07) is 18.3. The number of nitrogens with two attached hydrogens (primary N) is 1. The maximum atomic E-state index is 12.5. The first-order chi connectivity index (χ1) is 15.9. The zero-order chi connectivity index (χ0) is 23.4. The van der Waals surface area contributed by atoms with Gasteiger partial charge in [0.25, 0.3) is 0 Å². The van der Waals surface area contributed by atoms with E-state index >= 15 is 0 Å². The Balaban J connectivity index is 1.89. The Labute approximate surface area is 192 Å². The van der Waals surface area contributed by atoms with Crippen molar-refractivity contribution in [3.8, 4) is 23.0 Å². The standard InChI is InChI=1S/C25H24N2O5S/c1-30-19-7-3-17(4-8-19)15-22-21(25-27-13-14-32-25)11-12-24(33(26,28)29)23(22)16-18-5-9-20(31-2)10-6-18/h3-14H,15-16H2,1-2H3,(H2,26,28,29). The van der Waals surface area contributed by atoms with E-state index in [1.165, 1.54) is 12.3 Å². The molecule has 0 atom stereocenters. The van der Waals surface area contributed by atoms with Crippen molar-refractivity contribution < 1.29 is 22.3 Å². The Morgan fingerprint density at radius 3 is 1.82 bits per heavy atom. The van der Waals surface area contributed by atoms with Gasteiger partial charge in [-0.05, 0) is 71.5 Å². The van der Waals surface area contributed by atoms with Gasteiger partial charge in [0.1, 0.15) is 17.8 Å². The van der Waals surface area contributed by atoms with Crippen molar-refractivity contribution in [1.29, 1.82) is 0 Å². The van der Waals surface area contributed by atoms with E-state index in [0.717, 1.165) is 28.2 Å². The summed E-state index contributed by atoms with van der Waals surface area (Å²) < 4.78 is 41.1. The lowest BCUT2D eigenvalue weighted by molar-refractivity contribution is 0.414. The molecule has 7 nitrogen and oxygen atoms in total. The molecule has 0 amide bonds. The van der Waals surface area contributed by atoms with Gasteiger partial charge in [-0.15, -0.1) is 0 Å². The van der Waals surface area contributed by atoms with Crippen molar-refractivity contribution in [2.75, 3.05) is 14.2 Å². The second kappa shape index (κ2) is 9.48. The second-order valence-electron chi connectivity index (χ2n) is 7.50. The molecule has 4 rings (SSSR count). The van der Waals surface area contributed by atoms with Crippen molar-refractivity contribution in [2.45, 2.75) is 17.7 Å². The lowest BCUT2D eigenvalue weighted by Crippen LogP contribution is -2.17. The molecule has 33 heavy (non-hydrogen) atoms. The monoisotopic (exact) mass is 464 g/mol. The third-order valence-corrected chi connectivity index (χ3v) is 6.43. The zero-order valence-electron chi connectivity index (χ0n) is 18.3.